The van der Waals surface area contributed by atoms with Crippen molar-refractivity contribution in [2.45, 2.75) is 54.8 Å². The smallest absolute Gasteiger partial charge is 0.305 e. The van der Waals surface area contributed by atoms with Crippen molar-refractivity contribution in [1.82, 2.24) is 23.7 Å². The Kier molecular flexibility index (Phi) is 9.33. The summed E-state index contributed by atoms with van der Waals surface area (Å²) in [5.74, 6) is -1.23. The second-order valence-corrected chi connectivity index (χ2v) is 13.3. The van der Waals surface area contributed by atoms with Crippen LogP contribution in [0, 0.1) is 0 Å². The molecule has 0 saturated carbocycles. The summed E-state index contributed by atoms with van der Waals surface area (Å²) < 4.78 is 38.8. The lowest BCUT2D eigenvalue weighted by atomic mass is 10.2. The van der Waals surface area contributed by atoms with E-state index in [9.17, 15) is 22.8 Å². The summed E-state index contributed by atoms with van der Waals surface area (Å²) in [5, 5.41) is 14.3. The van der Waals surface area contributed by atoms with Crippen molar-refractivity contribution in [2.24, 2.45) is 0 Å². The molecule has 2 atom stereocenters. The number of aromatic nitrogens is 4. The molecular formula is C28H28N6O7S3. The molecule has 230 valence electrons. The summed E-state index contributed by atoms with van der Waals surface area (Å²) in [7, 11) is -4.40. The van der Waals surface area contributed by atoms with Crippen LogP contribution >= 0.6 is 23.1 Å². The predicted molar refractivity (Wildman–Crippen MR) is 166 cm³/mol. The van der Waals surface area contributed by atoms with E-state index < -0.39 is 34.6 Å². The van der Waals surface area contributed by atoms with Gasteiger partial charge in [-0.3, -0.25) is 14.0 Å². The Bertz CT molecular complexity index is 1920. The highest BCUT2D eigenvalue weighted by atomic mass is 32.2. The number of para-hydroxylation sites is 2. The number of carbonyl (C=O) groups excluding carboxylic acids is 2. The van der Waals surface area contributed by atoms with Crippen molar-refractivity contribution in [3.63, 3.8) is 0 Å². The van der Waals surface area contributed by atoms with Crippen LogP contribution in [0.4, 0.5) is 5.69 Å². The molecular weight excluding hydrogens is 629 g/mol. The van der Waals surface area contributed by atoms with E-state index in [1.165, 1.54) is 36.9 Å². The first-order valence-electron chi connectivity index (χ1n) is 13.3. The summed E-state index contributed by atoms with van der Waals surface area (Å²) in [5.41, 5.74) is 2.84. The molecule has 13 nitrogen and oxygen atoms in total. The van der Waals surface area contributed by atoms with Gasteiger partial charge in [0.15, 0.2) is 10.1 Å². The standard InChI is InChI=1S/C28H28N6O7S3/c1-17(41-24-11-19(29-18(2)36)7-8-25(24)44(39,40)32-20(15-35)12-26(37)38)13-34-23-6-4-3-5-22(23)31-28(34)43-16-21-14-33-9-10-42-27(33)30-21/h3-11,14-15,17,20,32H,12-13,16H2,1-2H3,(H,29,36)(H,37,38)/t17-,20?/m1/s1. The number of nitrogens with one attached hydrogen (secondary N) is 2. The molecule has 3 N–H and O–H groups in total. The number of hydrogen-bond acceptors (Lipinski definition) is 10. The molecule has 1 unspecified atom stereocenters. The van der Waals surface area contributed by atoms with E-state index in [0.717, 1.165) is 26.8 Å². The van der Waals surface area contributed by atoms with Crippen LogP contribution < -0.4 is 14.8 Å². The highest BCUT2D eigenvalue weighted by molar-refractivity contribution is 7.98. The maximum absolute atomic E-state index is 13.3. The van der Waals surface area contributed by atoms with Crippen molar-refractivity contribution in [3.8, 4) is 5.75 Å². The number of thiazole rings is 1. The van der Waals surface area contributed by atoms with Gasteiger partial charge < -0.3 is 24.5 Å². The van der Waals surface area contributed by atoms with E-state index in [0.29, 0.717) is 11.4 Å². The van der Waals surface area contributed by atoms with E-state index in [1.807, 2.05) is 51.0 Å². The lowest BCUT2D eigenvalue weighted by Crippen LogP contribution is -2.37. The van der Waals surface area contributed by atoms with Gasteiger partial charge in [0, 0.05) is 42.2 Å². The highest BCUT2D eigenvalue weighted by Crippen LogP contribution is 2.31. The third kappa shape index (κ3) is 7.27. The molecule has 0 saturated heterocycles. The fourth-order valence-electron chi connectivity index (χ4n) is 4.51. The maximum atomic E-state index is 13.3. The number of benzene rings is 2. The molecule has 1 amide bonds. The lowest BCUT2D eigenvalue weighted by molar-refractivity contribution is -0.138. The summed E-state index contributed by atoms with van der Waals surface area (Å²) in [6.45, 7) is 3.36. The summed E-state index contributed by atoms with van der Waals surface area (Å²) in [6, 6.07) is 10.1. The number of nitrogens with zero attached hydrogens (tertiary/aromatic N) is 4. The van der Waals surface area contributed by atoms with Crippen LogP contribution in [0.1, 0.15) is 26.0 Å². The Morgan fingerprint density at radius 3 is 2.73 bits per heavy atom. The minimum absolute atomic E-state index is 0.0899. The van der Waals surface area contributed by atoms with Crippen molar-refractivity contribution in [1.29, 1.82) is 0 Å². The number of thioether (sulfide) groups is 1. The van der Waals surface area contributed by atoms with Crippen LogP contribution in [0.2, 0.25) is 0 Å². The number of sulfonamides is 1. The summed E-state index contributed by atoms with van der Waals surface area (Å²) in [6.07, 6.45) is 2.81. The van der Waals surface area contributed by atoms with Crippen LogP contribution in [0.5, 0.6) is 5.75 Å². The van der Waals surface area contributed by atoms with Gasteiger partial charge in [0.2, 0.25) is 15.9 Å². The Morgan fingerprint density at radius 2 is 2.00 bits per heavy atom. The second kappa shape index (κ2) is 13.2. The van der Waals surface area contributed by atoms with Crippen LogP contribution in [0.15, 0.2) is 70.3 Å². The monoisotopic (exact) mass is 656 g/mol. The number of fused-ring (bicyclic) bond motifs is 2. The molecule has 3 aromatic heterocycles. The molecule has 44 heavy (non-hydrogen) atoms. The van der Waals surface area contributed by atoms with Gasteiger partial charge in [-0.25, -0.2) is 23.1 Å². The number of rotatable bonds is 14. The van der Waals surface area contributed by atoms with Crippen molar-refractivity contribution in [3.05, 3.63) is 65.9 Å². The number of hydrogen-bond donors (Lipinski definition) is 3. The van der Waals surface area contributed by atoms with Crippen LogP contribution in [-0.2, 0) is 36.7 Å². The third-order valence-electron chi connectivity index (χ3n) is 6.30. The van der Waals surface area contributed by atoms with E-state index in [1.54, 1.807) is 18.3 Å². The number of carbonyl (C=O) groups is 3. The minimum atomic E-state index is -4.40. The minimum Gasteiger partial charge on any atom is -0.487 e. The normalized spacial score (nSPS) is 13.1. The first-order chi connectivity index (χ1) is 21.0. The Morgan fingerprint density at radius 1 is 1.20 bits per heavy atom. The maximum Gasteiger partial charge on any atom is 0.305 e. The van der Waals surface area contributed by atoms with Crippen molar-refractivity contribution >= 4 is 73.0 Å². The molecule has 0 aliphatic heterocycles. The number of anilines is 1. The SMILES string of the molecule is CC(=O)Nc1ccc(S(=O)(=O)NC(C=O)CC(=O)O)c(O[C@H](C)Cn2c(SCc3cn4ccsc4n3)nc3ccccc32)c1. The first kappa shape index (κ1) is 31.2. The van der Waals surface area contributed by atoms with Crippen LogP contribution in [0.3, 0.4) is 0 Å². The molecule has 2 aromatic carbocycles. The van der Waals surface area contributed by atoms with Crippen LogP contribution in [0.25, 0.3) is 16.0 Å². The lowest BCUT2D eigenvalue weighted by Gasteiger charge is -2.21. The molecule has 0 spiro atoms. The largest absolute Gasteiger partial charge is 0.487 e. The first-order valence-corrected chi connectivity index (χ1v) is 16.6. The van der Waals surface area contributed by atoms with Gasteiger partial charge in [0.25, 0.3) is 0 Å². The molecule has 0 fully saturated rings. The van der Waals surface area contributed by atoms with Gasteiger partial charge in [-0.1, -0.05) is 23.9 Å². The Labute approximate surface area is 260 Å². The molecule has 0 aliphatic rings. The van der Waals surface area contributed by atoms with Gasteiger partial charge in [-0.05, 0) is 31.2 Å². The predicted octanol–water partition coefficient (Wildman–Crippen LogP) is 3.78. The fourth-order valence-corrected chi connectivity index (χ4v) is 7.42. The van der Waals surface area contributed by atoms with Gasteiger partial charge >= 0.3 is 5.97 Å². The second-order valence-electron chi connectivity index (χ2n) is 9.84. The van der Waals surface area contributed by atoms with Gasteiger partial charge in [-0.2, -0.15) is 0 Å². The summed E-state index contributed by atoms with van der Waals surface area (Å²) in [4.78, 5) is 44.2. The average molecular weight is 657 g/mol. The van der Waals surface area contributed by atoms with Crippen LogP contribution in [-0.4, -0.2) is 62.8 Å². The molecule has 0 bridgehead atoms. The van der Waals surface area contributed by atoms with Crippen molar-refractivity contribution < 1.29 is 32.6 Å². The number of carboxylic acids is 1. The molecule has 5 rings (SSSR count). The highest BCUT2D eigenvalue weighted by Gasteiger charge is 2.27. The zero-order valence-corrected chi connectivity index (χ0v) is 26.0. The number of imidazole rings is 2. The number of carboxylic acid groups (broad SMARTS) is 1. The Hall–Kier alpha value is -4.25. The van der Waals surface area contributed by atoms with E-state index in [-0.39, 0.29) is 29.4 Å². The average Bonchev–Trinajstić information content (AvgIpc) is 3.65. The zero-order chi connectivity index (χ0) is 31.4. The number of amides is 1. The third-order valence-corrected chi connectivity index (χ3v) is 9.61. The number of ether oxygens (including phenoxy) is 1. The number of aldehydes is 1. The van der Waals surface area contributed by atoms with Gasteiger partial charge in [-0.15, -0.1) is 11.3 Å². The summed E-state index contributed by atoms with van der Waals surface area (Å²) >= 11 is 3.07. The quantitative estimate of drug-likeness (QED) is 0.118. The zero-order valence-electron chi connectivity index (χ0n) is 23.5. The molecule has 5 aromatic rings. The van der Waals surface area contributed by atoms with E-state index in [2.05, 4.69) is 15.0 Å². The molecule has 0 aliphatic carbocycles. The van der Waals surface area contributed by atoms with Crippen molar-refractivity contribution in [2.75, 3.05) is 5.32 Å². The fraction of sp³-hybridized carbons (Fsp3) is 0.250. The molecule has 16 heteroatoms. The van der Waals surface area contributed by atoms with E-state index >= 15 is 0 Å². The van der Waals surface area contributed by atoms with Gasteiger partial charge in [0.05, 0.1) is 35.7 Å². The number of aliphatic carboxylic acids is 1. The Balaban J connectivity index is 1.42. The topological polar surface area (TPSA) is 174 Å². The van der Waals surface area contributed by atoms with Gasteiger partial charge in [0.1, 0.15) is 23.0 Å². The molecule has 3 heterocycles. The molecule has 0 radical (unpaired) electrons. The van der Waals surface area contributed by atoms with E-state index in [4.69, 9.17) is 14.8 Å².